The Labute approximate surface area is 151 Å². The molecule has 2 unspecified atom stereocenters. The predicted octanol–water partition coefficient (Wildman–Crippen LogP) is 1.80. The van der Waals surface area contributed by atoms with Gasteiger partial charge in [-0.15, -0.1) is 0 Å². The second-order valence-electron chi connectivity index (χ2n) is 6.61. The Morgan fingerprint density at radius 1 is 1.16 bits per heavy atom. The molecule has 1 aliphatic rings. The number of hydrogen-bond acceptors (Lipinski definition) is 6. The molecular weight excluding hydrogens is 342 g/mol. The maximum atomic E-state index is 10.0. The summed E-state index contributed by atoms with van der Waals surface area (Å²) >= 11 is 5.90. The Kier molecular flexibility index (Phi) is 5.86. The number of benzene rings is 1. The molecule has 6 nitrogen and oxygen atoms in total. The zero-order valence-corrected chi connectivity index (χ0v) is 14.6. The van der Waals surface area contributed by atoms with Crippen molar-refractivity contribution in [3.05, 3.63) is 53.4 Å². The smallest absolute Gasteiger partial charge is 0.232 e. The van der Waals surface area contributed by atoms with E-state index < -0.39 is 12.2 Å². The first-order valence-corrected chi connectivity index (χ1v) is 8.64. The monoisotopic (exact) mass is 363 g/mol. The molecule has 2 atom stereocenters. The summed E-state index contributed by atoms with van der Waals surface area (Å²) in [7, 11) is 0. The molecule has 3 rings (SSSR count). The second-order valence-corrected chi connectivity index (χ2v) is 7.04. The highest BCUT2D eigenvalue weighted by Crippen LogP contribution is 2.38. The molecule has 1 aromatic carbocycles. The summed E-state index contributed by atoms with van der Waals surface area (Å²) in [5, 5.41) is 24.1. The summed E-state index contributed by atoms with van der Waals surface area (Å²) < 4.78 is 5.76. The van der Waals surface area contributed by atoms with Gasteiger partial charge in [-0.3, -0.25) is 4.98 Å². The van der Waals surface area contributed by atoms with E-state index in [1.54, 1.807) is 18.6 Å². The Morgan fingerprint density at radius 2 is 1.88 bits per heavy atom. The number of nitrogens with zero attached hydrogens (tertiary/aromatic N) is 2. The van der Waals surface area contributed by atoms with Crippen molar-refractivity contribution in [1.82, 2.24) is 15.3 Å². The third-order valence-electron chi connectivity index (χ3n) is 4.54. The van der Waals surface area contributed by atoms with Crippen LogP contribution in [0.5, 0.6) is 5.88 Å². The second kappa shape index (κ2) is 8.10. The van der Waals surface area contributed by atoms with Crippen LogP contribution in [-0.4, -0.2) is 45.5 Å². The van der Waals surface area contributed by atoms with E-state index in [-0.39, 0.29) is 5.41 Å². The van der Waals surface area contributed by atoms with Crippen LogP contribution >= 0.6 is 11.6 Å². The summed E-state index contributed by atoms with van der Waals surface area (Å²) in [5.74, 6) is 0.440. The number of halogens is 1. The van der Waals surface area contributed by atoms with Crippen LogP contribution in [0.2, 0.25) is 5.02 Å². The molecule has 0 bridgehead atoms. The maximum absolute atomic E-state index is 10.0. The van der Waals surface area contributed by atoms with E-state index in [9.17, 15) is 10.2 Å². The molecule has 1 saturated carbocycles. The molecule has 0 amide bonds. The minimum Gasteiger partial charge on any atom is -0.476 e. The molecular formula is C18H22ClN3O3. The van der Waals surface area contributed by atoms with Gasteiger partial charge in [-0.25, -0.2) is 4.98 Å². The fourth-order valence-electron chi connectivity index (χ4n) is 3.22. The summed E-state index contributed by atoms with van der Waals surface area (Å²) in [6.45, 7) is 1.65. The Hall–Kier alpha value is -1.73. The van der Waals surface area contributed by atoms with Crippen LogP contribution in [-0.2, 0) is 6.54 Å². The molecule has 1 fully saturated rings. The Balaban J connectivity index is 1.60. The normalized spacial score (nSPS) is 25.9. The van der Waals surface area contributed by atoms with E-state index >= 15 is 0 Å². The topological polar surface area (TPSA) is 87.5 Å². The first-order valence-electron chi connectivity index (χ1n) is 8.26. The van der Waals surface area contributed by atoms with Gasteiger partial charge in [0.15, 0.2) is 0 Å². The molecule has 0 aliphatic heterocycles. The predicted molar refractivity (Wildman–Crippen MR) is 94.4 cm³/mol. The van der Waals surface area contributed by atoms with Gasteiger partial charge < -0.3 is 20.3 Å². The van der Waals surface area contributed by atoms with E-state index in [4.69, 9.17) is 16.3 Å². The number of nitrogens with one attached hydrogen (secondary N) is 1. The van der Waals surface area contributed by atoms with E-state index in [0.717, 1.165) is 5.56 Å². The van der Waals surface area contributed by atoms with Crippen molar-refractivity contribution < 1.29 is 14.9 Å². The van der Waals surface area contributed by atoms with Crippen molar-refractivity contribution in [2.75, 3.05) is 13.2 Å². The van der Waals surface area contributed by atoms with Crippen LogP contribution in [0, 0.1) is 5.41 Å². The maximum Gasteiger partial charge on any atom is 0.232 e. The molecule has 1 aliphatic carbocycles. The van der Waals surface area contributed by atoms with Crippen LogP contribution in [0.25, 0.3) is 0 Å². The standard InChI is InChI=1S/C18H22ClN3O3/c19-14-3-1-13(2-4-14)9-21-11-18(7-15(23)16(24)8-18)12-25-17-10-20-5-6-22-17/h1-6,10,15-16,21,23-24H,7-9,11-12H2. The number of ether oxygens (including phenoxy) is 1. The quantitative estimate of drug-likeness (QED) is 0.695. The van der Waals surface area contributed by atoms with Gasteiger partial charge >= 0.3 is 0 Å². The van der Waals surface area contributed by atoms with Crippen molar-refractivity contribution in [2.45, 2.75) is 31.6 Å². The zero-order valence-electron chi connectivity index (χ0n) is 13.8. The molecule has 1 aromatic heterocycles. The van der Waals surface area contributed by atoms with Crippen LogP contribution in [0.3, 0.4) is 0 Å². The molecule has 0 radical (unpaired) electrons. The van der Waals surface area contributed by atoms with Crippen LogP contribution in [0.15, 0.2) is 42.9 Å². The van der Waals surface area contributed by atoms with Crippen LogP contribution < -0.4 is 10.1 Å². The highest BCUT2D eigenvalue weighted by molar-refractivity contribution is 6.30. The lowest BCUT2D eigenvalue weighted by Gasteiger charge is -2.29. The SMILES string of the molecule is OC1CC(CNCc2ccc(Cl)cc2)(COc2cnccn2)CC1O. The van der Waals surface area contributed by atoms with Crippen molar-refractivity contribution in [2.24, 2.45) is 5.41 Å². The highest BCUT2D eigenvalue weighted by Gasteiger charge is 2.44. The molecule has 0 spiro atoms. The number of rotatable bonds is 7. The average molecular weight is 364 g/mol. The van der Waals surface area contributed by atoms with Crippen molar-refractivity contribution >= 4 is 11.6 Å². The summed E-state index contributed by atoms with van der Waals surface area (Å²) in [6, 6.07) is 7.65. The van der Waals surface area contributed by atoms with Gasteiger partial charge in [0.05, 0.1) is 25.0 Å². The van der Waals surface area contributed by atoms with Gasteiger partial charge in [0.1, 0.15) is 0 Å². The van der Waals surface area contributed by atoms with Crippen LogP contribution in [0.4, 0.5) is 0 Å². The van der Waals surface area contributed by atoms with Gasteiger partial charge in [-0.2, -0.15) is 0 Å². The molecule has 0 saturated heterocycles. The fraction of sp³-hybridized carbons (Fsp3) is 0.444. The lowest BCUT2D eigenvalue weighted by molar-refractivity contribution is 0.0438. The first-order chi connectivity index (χ1) is 12.1. The van der Waals surface area contributed by atoms with Crippen LogP contribution in [0.1, 0.15) is 18.4 Å². The number of aliphatic hydroxyl groups is 2. The van der Waals surface area contributed by atoms with Gasteiger partial charge in [0.25, 0.3) is 0 Å². The molecule has 3 N–H and O–H groups in total. The first kappa shape index (κ1) is 18.1. The van der Waals surface area contributed by atoms with Crippen molar-refractivity contribution in [3.63, 3.8) is 0 Å². The lowest BCUT2D eigenvalue weighted by Crippen LogP contribution is -2.38. The molecule has 1 heterocycles. The Morgan fingerprint density at radius 3 is 2.52 bits per heavy atom. The van der Waals surface area contributed by atoms with E-state index in [1.165, 1.54) is 0 Å². The molecule has 25 heavy (non-hydrogen) atoms. The number of aliphatic hydroxyl groups excluding tert-OH is 2. The van der Waals surface area contributed by atoms with Gasteiger partial charge in [0, 0.05) is 35.9 Å². The molecule has 134 valence electrons. The van der Waals surface area contributed by atoms with Crippen molar-refractivity contribution in [3.8, 4) is 5.88 Å². The largest absolute Gasteiger partial charge is 0.476 e. The number of aromatic nitrogens is 2. The van der Waals surface area contributed by atoms with E-state index in [0.29, 0.717) is 43.4 Å². The van der Waals surface area contributed by atoms with E-state index in [2.05, 4.69) is 15.3 Å². The number of hydrogen-bond donors (Lipinski definition) is 3. The molecule has 2 aromatic rings. The van der Waals surface area contributed by atoms with Crippen molar-refractivity contribution in [1.29, 1.82) is 0 Å². The van der Waals surface area contributed by atoms with Gasteiger partial charge in [0.2, 0.25) is 5.88 Å². The third kappa shape index (κ3) is 4.89. The van der Waals surface area contributed by atoms with Gasteiger partial charge in [-0.05, 0) is 30.5 Å². The average Bonchev–Trinajstić information content (AvgIpc) is 2.90. The zero-order chi connectivity index (χ0) is 17.7. The third-order valence-corrected chi connectivity index (χ3v) is 4.79. The van der Waals surface area contributed by atoms with E-state index in [1.807, 2.05) is 24.3 Å². The minimum absolute atomic E-state index is 0.355. The summed E-state index contributed by atoms with van der Waals surface area (Å²) in [6.07, 6.45) is 4.18. The summed E-state index contributed by atoms with van der Waals surface area (Å²) in [5.41, 5.74) is 0.761. The summed E-state index contributed by atoms with van der Waals surface area (Å²) in [4.78, 5) is 8.08. The minimum atomic E-state index is -0.734. The fourth-order valence-corrected chi connectivity index (χ4v) is 3.34. The highest BCUT2D eigenvalue weighted by atomic mass is 35.5. The lowest BCUT2D eigenvalue weighted by atomic mass is 9.86. The molecule has 7 heteroatoms. The Bertz CT molecular complexity index is 659. The van der Waals surface area contributed by atoms with Gasteiger partial charge in [-0.1, -0.05) is 23.7 Å².